The van der Waals surface area contributed by atoms with Gasteiger partial charge in [-0.3, -0.25) is 4.79 Å². The molecule has 29 heavy (non-hydrogen) atoms. The Morgan fingerprint density at radius 2 is 1.86 bits per heavy atom. The second-order valence-corrected chi connectivity index (χ2v) is 8.16. The maximum absolute atomic E-state index is 12.6. The van der Waals surface area contributed by atoms with Gasteiger partial charge in [-0.2, -0.15) is 0 Å². The van der Waals surface area contributed by atoms with Crippen LogP contribution in [-0.2, 0) is 16.0 Å². The van der Waals surface area contributed by atoms with Crippen LogP contribution >= 0.6 is 22.7 Å². The molecule has 0 unspecified atom stereocenters. The molecule has 0 radical (unpaired) electrons. The summed E-state index contributed by atoms with van der Waals surface area (Å²) in [6.45, 7) is 4.74. The Balaban J connectivity index is 1.85. The Bertz CT molecular complexity index is 946. The molecule has 0 bridgehead atoms. The van der Waals surface area contributed by atoms with Crippen LogP contribution < -0.4 is 10.1 Å². The Hall–Kier alpha value is -2.64. The molecule has 0 fully saturated rings. The van der Waals surface area contributed by atoms with Gasteiger partial charge in [-0.05, 0) is 42.5 Å². The molecule has 1 N–H and O–H groups in total. The Kier molecular flexibility index (Phi) is 7.43. The summed E-state index contributed by atoms with van der Waals surface area (Å²) in [5, 5.41) is 7.19. The van der Waals surface area contributed by atoms with Gasteiger partial charge in [0.25, 0.3) is 0 Å². The predicted molar refractivity (Wildman–Crippen MR) is 118 cm³/mol. The Labute approximate surface area is 178 Å². The molecule has 7 heteroatoms. The van der Waals surface area contributed by atoms with Gasteiger partial charge in [0.15, 0.2) is 0 Å². The maximum atomic E-state index is 12.6. The van der Waals surface area contributed by atoms with Crippen molar-refractivity contribution in [1.82, 2.24) is 0 Å². The molecule has 3 rings (SSSR count). The van der Waals surface area contributed by atoms with Gasteiger partial charge in [-0.25, -0.2) is 4.79 Å². The monoisotopic (exact) mass is 429 g/mol. The number of nitrogens with one attached hydrogen (secondary N) is 1. The molecule has 0 aliphatic rings. The third-order valence-corrected chi connectivity index (χ3v) is 5.85. The molecule has 152 valence electrons. The highest BCUT2D eigenvalue weighted by Crippen LogP contribution is 2.37. The molecule has 0 aliphatic carbocycles. The quantitative estimate of drug-likeness (QED) is 0.448. The van der Waals surface area contributed by atoms with E-state index < -0.39 is 5.97 Å². The van der Waals surface area contributed by atoms with Crippen LogP contribution in [0, 0.1) is 0 Å². The summed E-state index contributed by atoms with van der Waals surface area (Å²) in [5.74, 6) is 0.184. The lowest BCUT2D eigenvalue weighted by Gasteiger charge is -2.09. The van der Waals surface area contributed by atoms with Crippen molar-refractivity contribution in [3.05, 3.63) is 57.6 Å². The molecular weight excluding hydrogens is 406 g/mol. The van der Waals surface area contributed by atoms with E-state index in [0.717, 1.165) is 28.2 Å². The van der Waals surface area contributed by atoms with Crippen LogP contribution in [0.4, 0.5) is 5.00 Å². The highest BCUT2D eigenvalue weighted by atomic mass is 32.1. The molecule has 0 spiro atoms. The minimum Gasteiger partial charge on any atom is -0.494 e. The van der Waals surface area contributed by atoms with E-state index in [1.54, 1.807) is 6.92 Å². The second kappa shape index (κ2) is 10.2. The van der Waals surface area contributed by atoms with Crippen molar-refractivity contribution in [2.75, 3.05) is 18.5 Å². The fraction of sp³-hybridized carbons (Fsp3) is 0.273. The second-order valence-electron chi connectivity index (χ2n) is 6.25. The number of hydrogen-bond acceptors (Lipinski definition) is 6. The molecule has 1 aromatic carbocycles. The number of anilines is 1. The number of hydrogen-bond donors (Lipinski definition) is 1. The van der Waals surface area contributed by atoms with Gasteiger partial charge < -0.3 is 14.8 Å². The van der Waals surface area contributed by atoms with E-state index in [1.165, 1.54) is 22.7 Å². The smallest absolute Gasteiger partial charge is 0.341 e. The molecule has 0 saturated heterocycles. The van der Waals surface area contributed by atoms with Gasteiger partial charge in [-0.1, -0.05) is 25.1 Å². The molecule has 0 saturated carbocycles. The van der Waals surface area contributed by atoms with Gasteiger partial charge in [-0.15, -0.1) is 22.7 Å². The van der Waals surface area contributed by atoms with E-state index in [0.29, 0.717) is 17.2 Å². The number of carbonyl (C=O) groups excluding carboxylic acids is 2. The van der Waals surface area contributed by atoms with Crippen molar-refractivity contribution >= 4 is 39.6 Å². The lowest BCUT2D eigenvalue weighted by Crippen LogP contribution is -2.16. The summed E-state index contributed by atoms with van der Waals surface area (Å²) in [7, 11) is 0. The standard InChI is InChI=1S/C22H23NO4S2/c1-3-11-27-16-9-7-15(8-10-16)18-14-29-21(20(18)22(25)26-4-2)23-19(24)13-17-6-5-12-28-17/h5-10,12,14H,3-4,11,13H2,1-2H3,(H,23,24). The number of amides is 1. The molecule has 0 aliphatic heterocycles. The fourth-order valence-electron chi connectivity index (χ4n) is 2.76. The van der Waals surface area contributed by atoms with Gasteiger partial charge in [0.1, 0.15) is 16.3 Å². The van der Waals surface area contributed by atoms with Crippen molar-refractivity contribution in [2.45, 2.75) is 26.7 Å². The molecule has 2 aromatic heterocycles. The highest BCUT2D eigenvalue weighted by molar-refractivity contribution is 7.15. The van der Waals surface area contributed by atoms with E-state index in [4.69, 9.17) is 9.47 Å². The fourth-order valence-corrected chi connectivity index (χ4v) is 4.44. The first-order valence-electron chi connectivity index (χ1n) is 9.46. The number of esters is 1. The van der Waals surface area contributed by atoms with Crippen LogP contribution in [0.1, 0.15) is 35.5 Å². The van der Waals surface area contributed by atoms with Crippen LogP contribution in [0.5, 0.6) is 5.75 Å². The zero-order chi connectivity index (χ0) is 20.6. The SMILES string of the molecule is CCCOc1ccc(-c2csc(NC(=O)Cc3cccs3)c2C(=O)OCC)cc1. The summed E-state index contributed by atoms with van der Waals surface area (Å²) in [5.41, 5.74) is 1.99. The van der Waals surface area contributed by atoms with E-state index in [2.05, 4.69) is 12.2 Å². The maximum Gasteiger partial charge on any atom is 0.341 e. The Morgan fingerprint density at radius 3 is 2.52 bits per heavy atom. The van der Waals surface area contributed by atoms with Crippen molar-refractivity contribution in [3.63, 3.8) is 0 Å². The van der Waals surface area contributed by atoms with E-state index in [1.807, 2.05) is 47.2 Å². The number of rotatable bonds is 9. The Morgan fingerprint density at radius 1 is 1.07 bits per heavy atom. The molecular formula is C22H23NO4S2. The molecule has 0 atom stereocenters. The molecule has 3 aromatic rings. The van der Waals surface area contributed by atoms with Gasteiger partial charge >= 0.3 is 5.97 Å². The van der Waals surface area contributed by atoms with Crippen molar-refractivity contribution < 1.29 is 19.1 Å². The van der Waals surface area contributed by atoms with Crippen LogP contribution in [-0.4, -0.2) is 25.1 Å². The summed E-state index contributed by atoms with van der Waals surface area (Å²) in [6.07, 6.45) is 1.21. The predicted octanol–water partition coefficient (Wildman–Crippen LogP) is 5.62. The van der Waals surface area contributed by atoms with Gasteiger partial charge in [0.05, 0.1) is 19.6 Å². The normalized spacial score (nSPS) is 10.6. The minimum atomic E-state index is -0.443. The summed E-state index contributed by atoms with van der Waals surface area (Å²) < 4.78 is 10.9. The lowest BCUT2D eigenvalue weighted by atomic mass is 10.0. The highest BCUT2D eigenvalue weighted by Gasteiger charge is 2.23. The van der Waals surface area contributed by atoms with Gasteiger partial charge in [0, 0.05) is 15.8 Å². The zero-order valence-corrected chi connectivity index (χ0v) is 18.0. The average Bonchev–Trinajstić information content (AvgIpc) is 3.37. The van der Waals surface area contributed by atoms with Crippen molar-refractivity contribution in [1.29, 1.82) is 0 Å². The van der Waals surface area contributed by atoms with Gasteiger partial charge in [0.2, 0.25) is 5.91 Å². The molecule has 1 amide bonds. The average molecular weight is 430 g/mol. The lowest BCUT2D eigenvalue weighted by molar-refractivity contribution is -0.115. The number of thiophene rings is 2. The van der Waals surface area contributed by atoms with E-state index >= 15 is 0 Å². The third-order valence-electron chi connectivity index (χ3n) is 4.08. The first-order valence-corrected chi connectivity index (χ1v) is 11.2. The van der Waals surface area contributed by atoms with Crippen molar-refractivity contribution in [3.8, 4) is 16.9 Å². The first kappa shape index (κ1) is 21.1. The number of ether oxygens (including phenoxy) is 2. The largest absolute Gasteiger partial charge is 0.494 e. The molecule has 2 heterocycles. The zero-order valence-electron chi connectivity index (χ0n) is 16.4. The summed E-state index contributed by atoms with van der Waals surface area (Å²) in [6, 6.07) is 11.4. The van der Waals surface area contributed by atoms with Crippen LogP contribution in [0.3, 0.4) is 0 Å². The van der Waals surface area contributed by atoms with Crippen LogP contribution in [0.15, 0.2) is 47.2 Å². The summed E-state index contributed by atoms with van der Waals surface area (Å²) in [4.78, 5) is 26.0. The number of carbonyl (C=O) groups is 2. The van der Waals surface area contributed by atoms with E-state index in [9.17, 15) is 9.59 Å². The first-order chi connectivity index (χ1) is 14.1. The number of benzene rings is 1. The van der Waals surface area contributed by atoms with E-state index in [-0.39, 0.29) is 18.9 Å². The topological polar surface area (TPSA) is 64.6 Å². The van der Waals surface area contributed by atoms with Crippen LogP contribution in [0.25, 0.3) is 11.1 Å². The summed E-state index contributed by atoms with van der Waals surface area (Å²) >= 11 is 2.85. The third kappa shape index (κ3) is 5.46. The minimum absolute atomic E-state index is 0.158. The molecule has 5 nitrogen and oxygen atoms in total. The van der Waals surface area contributed by atoms with Crippen LogP contribution in [0.2, 0.25) is 0 Å². The van der Waals surface area contributed by atoms with Crippen molar-refractivity contribution in [2.24, 2.45) is 0 Å².